The first-order valence-electron chi connectivity index (χ1n) is 7.71. The van der Waals surface area contributed by atoms with Crippen molar-refractivity contribution in [1.29, 1.82) is 0 Å². The van der Waals surface area contributed by atoms with Gasteiger partial charge in [-0.15, -0.1) is 0 Å². The van der Waals surface area contributed by atoms with Gasteiger partial charge in [0, 0.05) is 28.4 Å². The van der Waals surface area contributed by atoms with Crippen LogP contribution >= 0.6 is 0 Å². The van der Waals surface area contributed by atoms with Gasteiger partial charge < -0.3 is 18.9 Å². The normalized spacial score (nSPS) is 11.4. The van der Waals surface area contributed by atoms with Crippen LogP contribution in [0.3, 0.4) is 0 Å². The fourth-order valence-electron chi connectivity index (χ4n) is 3.42. The summed E-state index contributed by atoms with van der Waals surface area (Å²) in [6, 6.07) is 7.22. The molecule has 6 heteroatoms. The number of nitrogens with zero attached hydrogens (tertiary/aromatic N) is 1. The number of rotatable bonds is 4. The molecule has 4 aromatic rings. The van der Waals surface area contributed by atoms with Crippen molar-refractivity contribution in [2.45, 2.75) is 0 Å². The Morgan fingerprint density at radius 2 is 1.32 bits per heavy atom. The number of ether oxygens (including phenoxy) is 4. The first-order chi connectivity index (χ1) is 12.1. The number of fused-ring (bicyclic) bond motifs is 2. The Balaban J connectivity index is 2.33. The fourth-order valence-corrected chi connectivity index (χ4v) is 3.42. The van der Waals surface area contributed by atoms with Gasteiger partial charge in [-0.05, 0) is 18.2 Å². The lowest BCUT2D eigenvalue weighted by atomic mass is 10.0. The number of benzene rings is 2. The van der Waals surface area contributed by atoms with Crippen molar-refractivity contribution in [3.8, 4) is 23.0 Å². The molecule has 0 atom stereocenters. The van der Waals surface area contributed by atoms with Crippen molar-refractivity contribution in [2.24, 2.45) is 0 Å². The summed E-state index contributed by atoms with van der Waals surface area (Å²) in [5, 5.41) is 2.97. The van der Waals surface area contributed by atoms with Gasteiger partial charge in [0.2, 0.25) is 0 Å². The molecule has 0 N–H and O–H groups in total. The van der Waals surface area contributed by atoms with Gasteiger partial charge in [0.05, 0.1) is 39.3 Å². The van der Waals surface area contributed by atoms with Crippen LogP contribution < -0.4 is 24.5 Å². The molecule has 2 heterocycles. The van der Waals surface area contributed by atoms with E-state index in [-0.39, 0.29) is 5.56 Å². The summed E-state index contributed by atoms with van der Waals surface area (Å²) < 4.78 is 23.4. The third-order valence-corrected chi connectivity index (χ3v) is 4.58. The smallest absolute Gasteiger partial charge is 0.263 e. The molecule has 0 aliphatic carbocycles. The molecule has 0 unspecified atom stereocenters. The molecule has 0 radical (unpaired) electrons. The monoisotopic (exact) mass is 339 g/mol. The third kappa shape index (κ3) is 1.94. The summed E-state index contributed by atoms with van der Waals surface area (Å²) in [7, 11) is 6.31. The highest BCUT2D eigenvalue weighted by molar-refractivity contribution is 6.16. The van der Waals surface area contributed by atoms with Gasteiger partial charge >= 0.3 is 0 Å². The van der Waals surface area contributed by atoms with Crippen LogP contribution in [0.2, 0.25) is 0 Å². The number of methoxy groups -OCH3 is 4. The SMILES string of the molecule is COc1cc2c(=O)n3ccc4c(OC)cc(OC)c(c2cc1OC)c43. The first kappa shape index (κ1) is 15.4. The van der Waals surface area contributed by atoms with E-state index in [1.54, 1.807) is 45.1 Å². The standard InChI is InChI=1S/C19H17NO5/c1-22-13-9-16(25-4)17-11-7-14(23-2)15(24-3)8-12(11)19(21)20-6-5-10(13)18(17)20/h5-9H,1-4H3. The highest BCUT2D eigenvalue weighted by atomic mass is 16.5. The predicted octanol–water partition coefficient (Wildman–Crippen LogP) is 3.08. The minimum atomic E-state index is -0.131. The second kappa shape index (κ2) is 5.44. The van der Waals surface area contributed by atoms with E-state index < -0.39 is 0 Å². The molecule has 2 aromatic carbocycles. The van der Waals surface area contributed by atoms with E-state index in [0.29, 0.717) is 28.4 Å². The van der Waals surface area contributed by atoms with Crippen molar-refractivity contribution >= 4 is 27.1 Å². The molecule has 0 saturated heterocycles. The average Bonchev–Trinajstić information content (AvgIpc) is 3.09. The average molecular weight is 339 g/mol. The topological polar surface area (TPSA) is 58.4 Å². The molecule has 4 rings (SSSR count). The first-order valence-corrected chi connectivity index (χ1v) is 7.71. The summed E-state index contributed by atoms with van der Waals surface area (Å²) >= 11 is 0. The molecule has 2 aromatic heterocycles. The van der Waals surface area contributed by atoms with Gasteiger partial charge in [0.25, 0.3) is 5.56 Å². The highest BCUT2D eigenvalue weighted by Crippen LogP contribution is 2.42. The lowest BCUT2D eigenvalue weighted by Crippen LogP contribution is -2.13. The van der Waals surface area contributed by atoms with Crippen LogP contribution in [-0.4, -0.2) is 32.8 Å². The van der Waals surface area contributed by atoms with Crippen LogP contribution in [-0.2, 0) is 0 Å². The van der Waals surface area contributed by atoms with Crippen molar-refractivity contribution in [2.75, 3.05) is 28.4 Å². The van der Waals surface area contributed by atoms with E-state index in [4.69, 9.17) is 18.9 Å². The maximum Gasteiger partial charge on any atom is 0.263 e. The lowest BCUT2D eigenvalue weighted by Gasteiger charge is -2.15. The van der Waals surface area contributed by atoms with Crippen molar-refractivity contribution in [3.05, 3.63) is 40.8 Å². The number of pyridine rings is 1. The molecule has 0 aliphatic heterocycles. The third-order valence-electron chi connectivity index (χ3n) is 4.58. The summed E-state index contributed by atoms with van der Waals surface area (Å²) in [5.41, 5.74) is 0.634. The zero-order chi connectivity index (χ0) is 17.7. The molecule has 0 aliphatic rings. The van der Waals surface area contributed by atoms with Crippen LogP contribution in [0.25, 0.3) is 27.1 Å². The molecule has 0 amide bonds. The minimum Gasteiger partial charge on any atom is -0.496 e. The molecule has 0 spiro atoms. The Morgan fingerprint density at radius 1 is 0.720 bits per heavy atom. The van der Waals surface area contributed by atoms with Crippen molar-refractivity contribution in [3.63, 3.8) is 0 Å². The van der Waals surface area contributed by atoms with Crippen LogP contribution in [0.15, 0.2) is 35.3 Å². The zero-order valence-corrected chi connectivity index (χ0v) is 14.4. The number of hydrogen-bond donors (Lipinski definition) is 0. The van der Waals surface area contributed by atoms with Gasteiger partial charge in [0.15, 0.2) is 11.5 Å². The number of hydrogen-bond acceptors (Lipinski definition) is 5. The molecular weight excluding hydrogens is 322 g/mol. The summed E-state index contributed by atoms with van der Waals surface area (Å²) in [5.74, 6) is 2.35. The molecule has 128 valence electrons. The van der Waals surface area contributed by atoms with Crippen LogP contribution in [0.1, 0.15) is 0 Å². The number of aromatic nitrogens is 1. The van der Waals surface area contributed by atoms with E-state index in [0.717, 1.165) is 21.7 Å². The summed E-state index contributed by atoms with van der Waals surface area (Å²) in [4.78, 5) is 13.0. The highest BCUT2D eigenvalue weighted by Gasteiger charge is 2.21. The molecule has 0 saturated carbocycles. The predicted molar refractivity (Wildman–Crippen MR) is 96.1 cm³/mol. The van der Waals surface area contributed by atoms with Gasteiger partial charge in [-0.3, -0.25) is 9.20 Å². The largest absolute Gasteiger partial charge is 0.496 e. The van der Waals surface area contributed by atoms with Gasteiger partial charge in [-0.25, -0.2) is 0 Å². The van der Waals surface area contributed by atoms with E-state index in [1.165, 1.54) is 0 Å². The molecule has 0 fully saturated rings. The second-order valence-electron chi connectivity index (χ2n) is 5.66. The zero-order valence-electron chi connectivity index (χ0n) is 14.4. The molecule has 0 bridgehead atoms. The maximum atomic E-state index is 13.0. The Hall–Kier alpha value is -3.15. The maximum absolute atomic E-state index is 13.0. The quantitative estimate of drug-likeness (QED) is 0.535. The van der Waals surface area contributed by atoms with Crippen LogP contribution in [0.4, 0.5) is 0 Å². The second-order valence-corrected chi connectivity index (χ2v) is 5.66. The van der Waals surface area contributed by atoms with Crippen LogP contribution in [0, 0.1) is 0 Å². The van der Waals surface area contributed by atoms with E-state index >= 15 is 0 Å². The Morgan fingerprint density at radius 3 is 1.92 bits per heavy atom. The van der Waals surface area contributed by atoms with Gasteiger partial charge in [0.1, 0.15) is 11.5 Å². The van der Waals surface area contributed by atoms with Gasteiger partial charge in [-0.1, -0.05) is 0 Å². The molecule has 6 nitrogen and oxygen atoms in total. The Labute approximate surface area is 143 Å². The van der Waals surface area contributed by atoms with Crippen LogP contribution in [0.5, 0.6) is 23.0 Å². The van der Waals surface area contributed by atoms with E-state index in [2.05, 4.69) is 0 Å². The lowest BCUT2D eigenvalue weighted by molar-refractivity contribution is 0.356. The fraction of sp³-hybridized carbons (Fsp3) is 0.211. The summed E-state index contributed by atoms with van der Waals surface area (Å²) in [6.07, 6.45) is 1.75. The van der Waals surface area contributed by atoms with E-state index in [9.17, 15) is 4.79 Å². The van der Waals surface area contributed by atoms with Crippen molar-refractivity contribution < 1.29 is 18.9 Å². The van der Waals surface area contributed by atoms with Gasteiger partial charge in [-0.2, -0.15) is 0 Å². The Kier molecular flexibility index (Phi) is 3.35. The molecular formula is C19H17NO5. The van der Waals surface area contributed by atoms with E-state index in [1.807, 2.05) is 18.2 Å². The van der Waals surface area contributed by atoms with Crippen molar-refractivity contribution in [1.82, 2.24) is 4.40 Å². The minimum absolute atomic E-state index is 0.131. The Bertz CT molecular complexity index is 1160. The molecule has 25 heavy (non-hydrogen) atoms. The summed E-state index contributed by atoms with van der Waals surface area (Å²) in [6.45, 7) is 0.